The van der Waals surface area contributed by atoms with Gasteiger partial charge < -0.3 is 4.90 Å². The SMILES string of the molecule is Cc1cc(C)n2nc(CC(=O)N3CC[C@@H]4CCCC[C@@H]4C3)nc2n1. The smallest absolute Gasteiger partial charge is 0.252 e. The van der Waals surface area contributed by atoms with Gasteiger partial charge in [0.2, 0.25) is 5.91 Å². The van der Waals surface area contributed by atoms with Crippen molar-refractivity contribution in [1.29, 1.82) is 0 Å². The second kappa shape index (κ2) is 6.15. The first kappa shape index (κ1) is 15.5. The summed E-state index contributed by atoms with van der Waals surface area (Å²) < 4.78 is 1.73. The molecule has 0 bridgehead atoms. The summed E-state index contributed by atoms with van der Waals surface area (Å²) in [6.45, 7) is 5.74. The lowest BCUT2D eigenvalue weighted by Gasteiger charge is -2.41. The van der Waals surface area contributed by atoms with Crippen molar-refractivity contribution in [3.63, 3.8) is 0 Å². The number of aryl methyl sites for hydroxylation is 2. The van der Waals surface area contributed by atoms with Crippen LogP contribution in [0.2, 0.25) is 0 Å². The molecule has 0 radical (unpaired) electrons. The quantitative estimate of drug-likeness (QED) is 0.849. The van der Waals surface area contributed by atoms with Gasteiger partial charge in [0.15, 0.2) is 5.82 Å². The third kappa shape index (κ3) is 2.89. The molecule has 0 N–H and O–H groups in total. The van der Waals surface area contributed by atoms with Crippen LogP contribution in [0.5, 0.6) is 0 Å². The number of carbonyl (C=O) groups excluding carboxylic acids is 1. The molecule has 3 heterocycles. The van der Waals surface area contributed by atoms with Crippen LogP contribution in [0.4, 0.5) is 0 Å². The fraction of sp³-hybridized carbons (Fsp3) is 0.667. The highest BCUT2D eigenvalue weighted by molar-refractivity contribution is 5.78. The van der Waals surface area contributed by atoms with E-state index in [4.69, 9.17) is 0 Å². The topological polar surface area (TPSA) is 63.4 Å². The number of aromatic nitrogens is 4. The highest BCUT2D eigenvalue weighted by atomic mass is 16.2. The van der Waals surface area contributed by atoms with Crippen molar-refractivity contribution in [1.82, 2.24) is 24.5 Å². The van der Waals surface area contributed by atoms with Gasteiger partial charge in [-0.3, -0.25) is 4.79 Å². The zero-order valence-electron chi connectivity index (χ0n) is 14.5. The third-order valence-corrected chi connectivity index (χ3v) is 5.62. The van der Waals surface area contributed by atoms with Crippen molar-refractivity contribution >= 4 is 11.7 Å². The van der Waals surface area contributed by atoms with Crippen LogP contribution >= 0.6 is 0 Å². The van der Waals surface area contributed by atoms with Crippen LogP contribution in [0.15, 0.2) is 6.07 Å². The van der Waals surface area contributed by atoms with Crippen LogP contribution in [0.25, 0.3) is 5.78 Å². The van der Waals surface area contributed by atoms with Gasteiger partial charge >= 0.3 is 0 Å². The van der Waals surface area contributed by atoms with E-state index in [1.807, 2.05) is 24.8 Å². The number of amides is 1. The monoisotopic (exact) mass is 327 g/mol. The predicted octanol–water partition coefficient (Wildman–Crippen LogP) is 2.32. The summed E-state index contributed by atoms with van der Waals surface area (Å²) in [6.07, 6.45) is 6.76. The summed E-state index contributed by atoms with van der Waals surface area (Å²) in [5.74, 6) is 2.86. The second-order valence-corrected chi connectivity index (χ2v) is 7.39. The molecule has 2 aromatic rings. The van der Waals surface area contributed by atoms with Gasteiger partial charge in [-0.2, -0.15) is 4.98 Å². The van der Waals surface area contributed by atoms with Crippen molar-refractivity contribution in [2.45, 2.75) is 52.4 Å². The molecule has 4 rings (SSSR count). The lowest BCUT2D eigenvalue weighted by molar-refractivity contribution is -0.133. The molecular weight excluding hydrogens is 302 g/mol. The highest BCUT2D eigenvalue weighted by Crippen LogP contribution is 2.36. The molecule has 1 amide bonds. The number of piperidine rings is 1. The van der Waals surface area contributed by atoms with Crippen molar-refractivity contribution in [3.05, 3.63) is 23.3 Å². The van der Waals surface area contributed by atoms with Crippen LogP contribution in [0, 0.1) is 25.7 Å². The average Bonchev–Trinajstić information content (AvgIpc) is 2.97. The Morgan fingerprint density at radius 3 is 2.79 bits per heavy atom. The standard InChI is InChI=1S/C18H25N5O/c1-12-9-13(2)23-18(19-12)20-16(21-23)10-17(24)22-8-7-14-5-3-4-6-15(14)11-22/h9,14-15H,3-8,10-11H2,1-2H3/t14-,15+/m0/s1. The predicted molar refractivity (Wildman–Crippen MR) is 90.6 cm³/mol. The van der Waals surface area contributed by atoms with Crippen LogP contribution in [-0.2, 0) is 11.2 Å². The molecule has 1 aliphatic carbocycles. The molecule has 2 atom stereocenters. The Balaban J connectivity index is 1.47. The third-order valence-electron chi connectivity index (χ3n) is 5.62. The Morgan fingerprint density at radius 1 is 1.17 bits per heavy atom. The van der Waals surface area contributed by atoms with E-state index in [0.29, 0.717) is 17.5 Å². The van der Waals surface area contributed by atoms with Gasteiger partial charge in [-0.1, -0.05) is 19.3 Å². The van der Waals surface area contributed by atoms with E-state index >= 15 is 0 Å². The molecule has 2 aromatic heterocycles. The molecule has 0 spiro atoms. The van der Waals surface area contributed by atoms with Crippen molar-refractivity contribution in [2.75, 3.05) is 13.1 Å². The van der Waals surface area contributed by atoms with Gasteiger partial charge in [0.05, 0.1) is 6.42 Å². The highest BCUT2D eigenvalue weighted by Gasteiger charge is 2.33. The van der Waals surface area contributed by atoms with Gasteiger partial charge in [-0.25, -0.2) is 9.50 Å². The van der Waals surface area contributed by atoms with E-state index in [-0.39, 0.29) is 12.3 Å². The van der Waals surface area contributed by atoms with E-state index in [1.54, 1.807) is 4.52 Å². The zero-order valence-corrected chi connectivity index (χ0v) is 14.5. The fourth-order valence-electron chi connectivity index (χ4n) is 4.36. The van der Waals surface area contributed by atoms with E-state index in [9.17, 15) is 4.79 Å². The summed E-state index contributed by atoms with van der Waals surface area (Å²) in [7, 11) is 0. The van der Waals surface area contributed by atoms with Gasteiger partial charge in [0.1, 0.15) is 0 Å². The Bertz CT molecular complexity index is 768. The average molecular weight is 327 g/mol. The maximum atomic E-state index is 12.7. The number of hydrogen-bond acceptors (Lipinski definition) is 4. The first-order chi connectivity index (χ1) is 11.6. The molecular formula is C18H25N5O. The molecule has 24 heavy (non-hydrogen) atoms. The second-order valence-electron chi connectivity index (χ2n) is 7.39. The number of fused-ring (bicyclic) bond motifs is 2. The summed E-state index contributed by atoms with van der Waals surface area (Å²) in [5.41, 5.74) is 1.91. The van der Waals surface area contributed by atoms with E-state index in [0.717, 1.165) is 36.8 Å². The Labute approximate surface area is 142 Å². The summed E-state index contributed by atoms with van der Waals surface area (Å²) >= 11 is 0. The van der Waals surface area contributed by atoms with Gasteiger partial charge in [-0.15, -0.1) is 5.10 Å². The first-order valence-electron chi connectivity index (χ1n) is 9.08. The lowest BCUT2D eigenvalue weighted by atomic mass is 9.75. The van der Waals surface area contributed by atoms with Crippen LogP contribution < -0.4 is 0 Å². The molecule has 1 saturated carbocycles. The Morgan fingerprint density at radius 2 is 1.96 bits per heavy atom. The molecule has 1 saturated heterocycles. The van der Waals surface area contributed by atoms with Crippen LogP contribution in [0.3, 0.4) is 0 Å². The summed E-state index contributed by atoms with van der Waals surface area (Å²) in [6, 6.07) is 1.97. The Kier molecular flexibility index (Phi) is 3.98. The number of carbonyl (C=O) groups is 1. The normalized spacial score (nSPS) is 24.2. The number of rotatable bonds is 2. The fourth-order valence-corrected chi connectivity index (χ4v) is 4.36. The molecule has 128 valence electrons. The lowest BCUT2D eigenvalue weighted by Crippen LogP contribution is -2.45. The number of likely N-dealkylation sites (tertiary alicyclic amines) is 1. The summed E-state index contributed by atoms with van der Waals surface area (Å²) in [5, 5.41) is 4.47. The van der Waals surface area contributed by atoms with Crippen molar-refractivity contribution in [3.8, 4) is 0 Å². The zero-order chi connectivity index (χ0) is 16.7. The van der Waals surface area contributed by atoms with Gasteiger partial charge in [-0.05, 0) is 44.6 Å². The van der Waals surface area contributed by atoms with Gasteiger partial charge in [0, 0.05) is 24.5 Å². The molecule has 0 unspecified atom stereocenters. The first-order valence-corrected chi connectivity index (χ1v) is 9.08. The molecule has 6 heteroatoms. The maximum absolute atomic E-state index is 12.7. The largest absolute Gasteiger partial charge is 0.342 e. The maximum Gasteiger partial charge on any atom is 0.252 e. The molecule has 1 aliphatic heterocycles. The van der Waals surface area contributed by atoms with Gasteiger partial charge in [0.25, 0.3) is 5.78 Å². The number of nitrogens with zero attached hydrogens (tertiary/aromatic N) is 5. The van der Waals surface area contributed by atoms with E-state index in [1.165, 1.54) is 25.7 Å². The van der Waals surface area contributed by atoms with E-state index < -0.39 is 0 Å². The minimum atomic E-state index is 0.157. The van der Waals surface area contributed by atoms with Crippen LogP contribution in [0.1, 0.15) is 49.3 Å². The van der Waals surface area contributed by atoms with Crippen molar-refractivity contribution < 1.29 is 4.79 Å². The Hall–Kier alpha value is -1.98. The minimum absolute atomic E-state index is 0.157. The summed E-state index contributed by atoms with van der Waals surface area (Å²) in [4.78, 5) is 23.6. The molecule has 6 nitrogen and oxygen atoms in total. The molecule has 2 aliphatic rings. The molecule has 0 aromatic carbocycles. The molecule has 2 fully saturated rings. The number of hydrogen-bond donors (Lipinski definition) is 0. The van der Waals surface area contributed by atoms with Crippen LogP contribution in [-0.4, -0.2) is 43.5 Å². The minimum Gasteiger partial charge on any atom is -0.342 e. The van der Waals surface area contributed by atoms with E-state index in [2.05, 4.69) is 15.1 Å². The van der Waals surface area contributed by atoms with Crippen molar-refractivity contribution in [2.24, 2.45) is 11.8 Å².